The highest BCUT2D eigenvalue weighted by Gasteiger charge is 2.06. The van der Waals surface area contributed by atoms with E-state index in [1.54, 1.807) is 0 Å². The normalized spacial score (nSPS) is 10.4. The Bertz CT molecular complexity index is 410. The second-order valence-corrected chi connectivity index (χ2v) is 4.39. The molecule has 4 nitrogen and oxygen atoms in total. The number of carbonyl (C=O) groups excluding carboxylic acids is 1. The van der Waals surface area contributed by atoms with Crippen LogP contribution in [0.4, 0.5) is 15.8 Å². The summed E-state index contributed by atoms with van der Waals surface area (Å²) in [5.74, 6) is -0.712. The van der Waals surface area contributed by atoms with Crippen molar-refractivity contribution in [1.82, 2.24) is 0 Å². The van der Waals surface area contributed by atoms with Crippen LogP contribution >= 0.6 is 0 Å². The Kier molecular flexibility index (Phi) is 6.89. The smallest absolute Gasteiger partial charge is 0.250 e. The summed E-state index contributed by atoms with van der Waals surface area (Å²) in [4.78, 5) is 11.6. The van der Waals surface area contributed by atoms with Crippen molar-refractivity contribution in [1.29, 1.82) is 0 Å². The van der Waals surface area contributed by atoms with Crippen molar-refractivity contribution in [3.63, 3.8) is 0 Å². The lowest BCUT2D eigenvalue weighted by Crippen LogP contribution is -2.19. The van der Waals surface area contributed by atoms with Crippen LogP contribution in [0.3, 0.4) is 0 Å². The fourth-order valence-electron chi connectivity index (χ4n) is 1.63. The molecule has 0 bridgehead atoms. The lowest BCUT2D eigenvalue weighted by atomic mass is 10.2. The summed E-state index contributed by atoms with van der Waals surface area (Å²) >= 11 is 0. The first-order chi connectivity index (χ1) is 9.13. The lowest BCUT2D eigenvalue weighted by molar-refractivity contribution is -0.120. The molecule has 3 N–H and O–H groups in total. The molecule has 0 aromatic heterocycles. The molecule has 0 aliphatic carbocycles. The molecule has 0 fully saturated rings. The summed E-state index contributed by atoms with van der Waals surface area (Å²) in [6.07, 6.45) is 4.43. The summed E-state index contributed by atoms with van der Waals surface area (Å²) in [7, 11) is 0. The van der Waals surface area contributed by atoms with Gasteiger partial charge in [0.05, 0.1) is 11.4 Å². The van der Waals surface area contributed by atoms with Crippen LogP contribution in [-0.4, -0.2) is 19.1 Å². The van der Waals surface area contributed by atoms with E-state index in [0.29, 0.717) is 12.3 Å². The van der Waals surface area contributed by atoms with Gasteiger partial charge in [-0.3, -0.25) is 4.79 Å². The van der Waals surface area contributed by atoms with Crippen LogP contribution in [0.5, 0.6) is 0 Å². The highest BCUT2D eigenvalue weighted by molar-refractivity contribution is 5.94. The zero-order valence-corrected chi connectivity index (χ0v) is 11.2. The summed E-state index contributed by atoms with van der Waals surface area (Å²) in [6.45, 7) is 2.71. The van der Waals surface area contributed by atoms with Crippen LogP contribution in [0.1, 0.15) is 32.6 Å². The third-order valence-corrected chi connectivity index (χ3v) is 2.66. The van der Waals surface area contributed by atoms with Gasteiger partial charge in [0.15, 0.2) is 0 Å². The van der Waals surface area contributed by atoms with Crippen LogP contribution in [0, 0.1) is 5.82 Å². The number of ether oxygens (including phenoxy) is 1. The fraction of sp³-hybridized carbons (Fsp3) is 0.500. The Labute approximate surface area is 113 Å². The topological polar surface area (TPSA) is 64.3 Å². The van der Waals surface area contributed by atoms with Crippen molar-refractivity contribution in [3.05, 3.63) is 24.0 Å². The van der Waals surface area contributed by atoms with Crippen LogP contribution < -0.4 is 11.1 Å². The summed E-state index contributed by atoms with van der Waals surface area (Å²) < 4.78 is 18.1. The predicted molar refractivity (Wildman–Crippen MR) is 74.4 cm³/mol. The standard InChI is InChI=1S/C14H21FN2O2/c1-2-3-4-5-8-19-10-14(18)17-13-7-6-11(15)9-12(13)16/h6-7,9H,2-5,8,10,16H2,1H3,(H,17,18). The number of nitrogens with one attached hydrogen (secondary N) is 1. The van der Waals surface area contributed by atoms with Gasteiger partial charge in [0.2, 0.25) is 5.91 Å². The molecule has 0 unspecified atom stereocenters. The second kappa shape index (κ2) is 8.48. The molecule has 0 aliphatic rings. The minimum atomic E-state index is -0.428. The minimum absolute atomic E-state index is 0.0110. The summed E-state index contributed by atoms with van der Waals surface area (Å²) in [6, 6.07) is 3.85. The SMILES string of the molecule is CCCCCCOCC(=O)Nc1ccc(F)cc1N. The van der Waals surface area contributed by atoms with E-state index in [-0.39, 0.29) is 18.2 Å². The minimum Gasteiger partial charge on any atom is -0.397 e. The quantitative estimate of drug-likeness (QED) is 0.563. The van der Waals surface area contributed by atoms with Gasteiger partial charge in [0.25, 0.3) is 0 Å². The van der Waals surface area contributed by atoms with Gasteiger partial charge in [-0.25, -0.2) is 4.39 Å². The van der Waals surface area contributed by atoms with E-state index in [4.69, 9.17) is 10.5 Å². The molecule has 1 aromatic carbocycles. The number of hydrogen-bond acceptors (Lipinski definition) is 3. The van der Waals surface area contributed by atoms with Gasteiger partial charge in [-0.2, -0.15) is 0 Å². The third kappa shape index (κ3) is 6.20. The highest BCUT2D eigenvalue weighted by Crippen LogP contribution is 2.18. The van der Waals surface area contributed by atoms with Crippen molar-refractivity contribution in [2.45, 2.75) is 32.6 Å². The molecule has 0 aliphatic heterocycles. The number of amides is 1. The number of halogens is 1. The zero-order chi connectivity index (χ0) is 14.1. The lowest BCUT2D eigenvalue weighted by Gasteiger charge is -2.08. The summed E-state index contributed by atoms with van der Waals surface area (Å²) in [5.41, 5.74) is 6.19. The molecule has 1 amide bonds. The van der Waals surface area contributed by atoms with Gasteiger partial charge >= 0.3 is 0 Å². The zero-order valence-electron chi connectivity index (χ0n) is 11.2. The number of nitrogens with two attached hydrogens (primary N) is 1. The largest absolute Gasteiger partial charge is 0.397 e. The van der Waals surface area contributed by atoms with Gasteiger partial charge in [0.1, 0.15) is 12.4 Å². The molecule has 0 heterocycles. The van der Waals surface area contributed by atoms with Gasteiger partial charge in [-0.05, 0) is 24.6 Å². The number of benzene rings is 1. The van der Waals surface area contributed by atoms with Crippen LogP contribution in [0.2, 0.25) is 0 Å². The number of hydrogen-bond donors (Lipinski definition) is 2. The molecule has 1 aromatic rings. The van der Waals surface area contributed by atoms with Crippen molar-refractivity contribution < 1.29 is 13.9 Å². The predicted octanol–water partition coefficient (Wildman–Crippen LogP) is 2.94. The molecule has 0 saturated carbocycles. The first kappa shape index (κ1) is 15.4. The molecule has 0 saturated heterocycles. The third-order valence-electron chi connectivity index (χ3n) is 2.66. The van der Waals surface area contributed by atoms with Crippen molar-refractivity contribution >= 4 is 17.3 Å². The van der Waals surface area contributed by atoms with Gasteiger partial charge in [0, 0.05) is 6.61 Å². The van der Waals surface area contributed by atoms with Crippen LogP contribution in [0.15, 0.2) is 18.2 Å². The number of unbranched alkanes of at least 4 members (excludes halogenated alkanes) is 3. The van der Waals surface area contributed by atoms with Gasteiger partial charge < -0.3 is 15.8 Å². The Morgan fingerprint density at radius 3 is 2.84 bits per heavy atom. The molecule has 5 heteroatoms. The van der Waals surface area contributed by atoms with E-state index < -0.39 is 5.82 Å². The van der Waals surface area contributed by atoms with E-state index in [9.17, 15) is 9.18 Å². The molecule has 106 valence electrons. The second-order valence-electron chi connectivity index (χ2n) is 4.39. The first-order valence-electron chi connectivity index (χ1n) is 6.56. The number of anilines is 2. The molecular formula is C14H21FN2O2. The molecule has 0 atom stereocenters. The highest BCUT2D eigenvalue weighted by atomic mass is 19.1. The average Bonchev–Trinajstić information content (AvgIpc) is 2.37. The maximum atomic E-state index is 12.8. The number of rotatable bonds is 8. The van der Waals surface area contributed by atoms with Gasteiger partial charge in [-0.15, -0.1) is 0 Å². The maximum Gasteiger partial charge on any atom is 0.250 e. The Hall–Kier alpha value is -1.62. The van der Waals surface area contributed by atoms with E-state index in [1.165, 1.54) is 31.0 Å². The first-order valence-corrected chi connectivity index (χ1v) is 6.56. The maximum absolute atomic E-state index is 12.8. The number of carbonyl (C=O) groups is 1. The monoisotopic (exact) mass is 268 g/mol. The molecule has 0 spiro atoms. The molecule has 1 rings (SSSR count). The van der Waals surface area contributed by atoms with E-state index >= 15 is 0 Å². The Morgan fingerprint density at radius 2 is 2.16 bits per heavy atom. The van der Waals surface area contributed by atoms with Crippen LogP contribution in [-0.2, 0) is 9.53 Å². The van der Waals surface area contributed by atoms with Crippen molar-refractivity contribution in [3.8, 4) is 0 Å². The fourth-order valence-corrected chi connectivity index (χ4v) is 1.63. The van der Waals surface area contributed by atoms with Crippen LogP contribution in [0.25, 0.3) is 0 Å². The van der Waals surface area contributed by atoms with E-state index in [2.05, 4.69) is 12.2 Å². The molecule has 0 radical (unpaired) electrons. The molecule has 19 heavy (non-hydrogen) atoms. The summed E-state index contributed by atoms with van der Waals surface area (Å²) in [5, 5.41) is 2.58. The van der Waals surface area contributed by atoms with E-state index in [1.807, 2.05) is 0 Å². The average molecular weight is 268 g/mol. The number of nitrogen functional groups attached to an aromatic ring is 1. The van der Waals surface area contributed by atoms with Crippen molar-refractivity contribution in [2.24, 2.45) is 0 Å². The Balaban J connectivity index is 2.23. The molecular weight excluding hydrogens is 247 g/mol. The van der Waals surface area contributed by atoms with E-state index in [0.717, 1.165) is 12.8 Å². The Morgan fingerprint density at radius 1 is 1.37 bits per heavy atom. The van der Waals surface area contributed by atoms with Gasteiger partial charge in [-0.1, -0.05) is 26.2 Å². The van der Waals surface area contributed by atoms with Crippen molar-refractivity contribution in [2.75, 3.05) is 24.3 Å².